The van der Waals surface area contributed by atoms with Crippen LogP contribution in [0.4, 0.5) is 0 Å². The second kappa shape index (κ2) is 8.57. The number of nitrogens with one attached hydrogen (secondary N) is 1. The minimum atomic E-state index is -0.927. The molecule has 23 heavy (non-hydrogen) atoms. The number of hydrogen-bond acceptors (Lipinski definition) is 4. The number of likely N-dealkylation sites (tertiary alicyclic amines) is 1. The highest BCUT2D eigenvalue weighted by Crippen LogP contribution is 2.17. The first-order valence-electron chi connectivity index (χ1n) is 7.47. The topological polar surface area (TPSA) is 86.7 Å². The molecule has 124 valence electrons. The Labute approximate surface area is 139 Å². The van der Waals surface area contributed by atoms with Gasteiger partial charge in [0.15, 0.2) is 0 Å². The summed E-state index contributed by atoms with van der Waals surface area (Å²) in [5.41, 5.74) is 2.00. The lowest BCUT2D eigenvalue weighted by Gasteiger charge is -2.18. The predicted molar refractivity (Wildman–Crippen MR) is 87.9 cm³/mol. The zero-order valence-electron chi connectivity index (χ0n) is 12.8. The zero-order chi connectivity index (χ0) is 16.7. The molecule has 1 fully saturated rings. The van der Waals surface area contributed by atoms with Gasteiger partial charge in [-0.1, -0.05) is 24.3 Å². The van der Waals surface area contributed by atoms with Crippen LogP contribution in [-0.4, -0.2) is 45.8 Å². The summed E-state index contributed by atoms with van der Waals surface area (Å²) in [6, 6.07) is 7.71. The van der Waals surface area contributed by atoms with Crippen LogP contribution in [0, 0.1) is 0 Å². The normalized spacial score (nSPS) is 14.1. The van der Waals surface area contributed by atoms with Crippen LogP contribution in [0.3, 0.4) is 0 Å². The first-order chi connectivity index (χ1) is 11.1. The van der Waals surface area contributed by atoms with Crippen molar-refractivity contribution < 1.29 is 19.5 Å². The molecule has 0 radical (unpaired) electrons. The molecule has 1 aliphatic rings. The third-order valence-corrected chi connectivity index (χ3v) is 4.50. The molecule has 2 rings (SSSR count). The maximum atomic E-state index is 11.7. The number of amides is 2. The maximum Gasteiger partial charge on any atom is 0.313 e. The van der Waals surface area contributed by atoms with E-state index in [2.05, 4.69) is 5.32 Å². The average Bonchev–Trinajstić information content (AvgIpc) is 2.91. The van der Waals surface area contributed by atoms with Crippen molar-refractivity contribution in [2.45, 2.75) is 25.9 Å². The quantitative estimate of drug-likeness (QED) is 0.746. The molecular formula is C16H20N2O4S. The van der Waals surface area contributed by atoms with Crippen LogP contribution < -0.4 is 5.32 Å². The minimum absolute atomic E-state index is 0.0823. The molecule has 1 aromatic carbocycles. The van der Waals surface area contributed by atoms with Gasteiger partial charge in [0.25, 0.3) is 0 Å². The van der Waals surface area contributed by atoms with Crippen molar-refractivity contribution in [2.24, 2.45) is 0 Å². The first-order valence-corrected chi connectivity index (χ1v) is 8.62. The van der Waals surface area contributed by atoms with Gasteiger partial charge in [-0.05, 0) is 17.5 Å². The Balaban J connectivity index is 1.86. The number of rotatable bonds is 8. The summed E-state index contributed by atoms with van der Waals surface area (Å²) >= 11 is 1.07. The summed E-state index contributed by atoms with van der Waals surface area (Å²) < 4.78 is 0. The van der Waals surface area contributed by atoms with Crippen molar-refractivity contribution in [1.29, 1.82) is 0 Å². The number of carbonyl (C=O) groups excluding carboxylic acids is 2. The molecule has 1 heterocycles. The molecule has 0 atom stereocenters. The molecule has 0 bridgehead atoms. The third-order valence-electron chi connectivity index (χ3n) is 3.59. The Morgan fingerprint density at radius 3 is 2.61 bits per heavy atom. The molecule has 0 spiro atoms. The van der Waals surface area contributed by atoms with Gasteiger partial charge in [0, 0.05) is 26.1 Å². The van der Waals surface area contributed by atoms with Gasteiger partial charge >= 0.3 is 5.97 Å². The summed E-state index contributed by atoms with van der Waals surface area (Å²) in [7, 11) is 0. The number of benzene rings is 1. The highest BCUT2D eigenvalue weighted by molar-refractivity contribution is 8.00. The summed E-state index contributed by atoms with van der Waals surface area (Å²) in [6.07, 6.45) is 1.51. The lowest BCUT2D eigenvalue weighted by molar-refractivity contribution is -0.134. The van der Waals surface area contributed by atoms with E-state index in [0.29, 0.717) is 19.5 Å². The molecule has 0 unspecified atom stereocenters. The zero-order valence-corrected chi connectivity index (χ0v) is 13.6. The van der Waals surface area contributed by atoms with Gasteiger partial charge in [0.05, 0.1) is 11.5 Å². The average molecular weight is 336 g/mol. The van der Waals surface area contributed by atoms with Crippen molar-refractivity contribution in [3.05, 3.63) is 35.4 Å². The minimum Gasteiger partial charge on any atom is -0.481 e. The highest BCUT2D eigenvalue weighted by Gasteiger charge is 2.20. The Bertz CT molecular complexity index is 591. The van der Waals surface area contributed by atoms with Crippen LogP contribution in [0.15, 0.2) is 24.3 Å². The van der Waals surface area contributed by atoms with E-state index in [0.717, 1.165) is 35.9 Å². The monoisotopic (exact) mass is 336 g/mol. The van der Waals surface area contributed by atoms with Crippen LogP contribution >= 0.6 is 11.8 Å². The molecule has 0 aromatic heterocycles. The number of thioether (sulfide) groups is 1. The van der Waals surface area contributed by atoms with Crippen molar-refractivity contribution in [2.75, 3.05) is 18.1 Å². The maximum absolute atomic E-state index is 11.7. The number of nitrogens with zero attached hydrogens (tertiary/aromatic N) is 1. The van der Waals surface area contributed by atoms with E-state index < -0.39 is 5.97 Å². The number of carboxylic acids is 1. The lowest BCUT2D eigenvalue weighted by atomic mass is 10.1. The van der Waals surface area contributed by atoms with E-state index in [-0.39, 0.29) is 23.3 Å². The SMILES string of the molecule is O=C(O)CSCC(=O)NCc1ccccc1CN1CCCC1=O. The van der Waals surface area contributed by atoms with Gasteiger partial charge in [-0.25, -0.2) is 0 Å². The van der Waals surface area contributed by atoms with Crippen molar-refractivity contribution in [3.8, 4) is 0 Å². The van der Waals surface area contributed by atoms with Crippen molar-refractivity contribution in [3.63, 3.8) is 0 Å². The molecule has 0 aliphatic carbocycles. The lowest BCUT2D eigenvalue weighted by Crippen LogP contribution is -2.27. The van der Waals surface area contributed by atoms with E-state index in [4.69, 9.17) is 5.11 Å². The molecule has 2 N–H and O–H groups in total. The largest absolute Gasteiger partial charge is 0.481 e. The Hall–Kier alpha value is -2.02. The number of carboxylic acid groups (broad SMARTS) is 1. The van der Waals surface area contributed by atoms with E-state index >= 15 is 0 Å². The van der Waals surface area contributed by atoms with Crippen LogP contribution in [-0.2, 0) is 27.5 Å². The van der Waals surface area contributed by atoms with Crippen LogP contribution in [0.25, 0.3) is 0 Å². The summed E-state index contributed by atoms with van der Waals surface area (Å²) in [4.78, 5) is 35.7. The third kappa shape index (κ3) is 5.59. The van der Waals surface area contributed by atoms with Crippen molar-refractivity contribution >= 4 is 29.5 Å². The van der Waals surface area contributed by atoms with E-state index in [9.17, 15) is 14.4 Å². The summed E-state index contributed by atoms with van der Waals surface area (Å²) in [5.74, 6) is -0.902. The molecule has 0 saturated carbocycles. The molecule has 1 aliphatic heterocycles. The Morgan fingerprint density at radius 2 is 1.96 bits per heavy atom. The van der Waals surface area contributed by atoms with Gasteiger partial charge < -0.3 is 15.3 Å². The summed E-state index contributed by atoms with van der Waals surface area (Å²) in [6.45, 7) is 1.73. The molecule has 7 heteroatoms. The molecule has 1 aromatic rings. The van der Waals surface area contributed by atoms with E-state index in [1.165, 1.54) is 0 Å². The molecule has 2 amide bonds. The summed E-state index contributed by atoms with van der Waals surface area (Å²) in [5, 5.41) is 11.3. The van der Waals surface area contributed by atoms with Gasteiger partial charge in [0.2, 0.25) is 11.8 Å². The molecule has 1 saturated heterocycles. The van der Waals surface area contributed by atoms with E-state index in [1.807, 2.05) is 29.2 Å². The predicted octanol–water partition coefficient (Wildman–Crippen LogP) is 1.24. The van der Waals surface area contributed by atoms with E-state index in [1.54, 1.807) is 0 Å². The number of carbonyl (C=O) groups is 3. The smallest absolute Gasteiger partial charge is 0.313 e. The van der Waals surface area contributed by atoms with Gasteiger partial charge in [0.1, 0.15) is 0 Å². The van der Waals surface area contributed by atoms with Gasteiger partial charge in [-0.3, -0.25) is 14.4 Å². The fourth-order valence-corrected chi connectivity index (χ4v) is 3.00. The standard InChI is InChI=1S/C16H20N2O4S/c19-14(10-23-11-16(21)22)17-8-12-4-1-2-5-13(12)9-18-7-3-6-15(18)20/h1-2,4-5H,3,6-11H2,(H,17,19)(H,21,22). The van der Waals surface area contributed by atoms with Crippen molar-refractivity contribution in [1.82, 2.24) is 10.2 Å². The Kier molecular flexibility index (Phi) is 6.46. The van der Waals surface area contributed by atoms with Gasteiger partial charge in [-0.15, -0.1) is 11.8 Å². The molecular weight excluding hydrogens is 316 g/mol. The number of hydrogen-bond donors (Lipinski definition) is 2. The number of aliphatic carboxylic acids is 1. The van der Waals surface area contributed by atoms with Crippen LogP contribution in [0.5, 0.6) is 0 Å². The highest BCUT2D eigenvalue weighted by atomic mass is 32.2. The van der Waals surface area contributed by atoms with Crippen LogP contribution in [0.2, 0.25) is 0 Å². The first kappa shape index (κ1) is 17.3. The second-order valence-electron chi connectivity index (χ2n) is 5.35. The van der Waals surface area contributed by atoms with Crippen LogP contribution in [0.1, 0.15) is 24.0 Å². The fourth-order valence-electron chi connectivity index (χ4n) is 2.44. The molecule has 6 nitrogen and oxygen atoms in total. The fraction of sp³-hybridized carbons (Fsp3) is 0.438. The van der Waals surface area contributed by atoms with Gasteiger partial charge in [-0.2, -0.15) is 0 Å². The Morgan fingerprint density at radius 1 is 1.22 bits per heavy atom. The second-order valence-corrected chi connectivity index (χ2v) is 6.34.